The van der Waals surface area contributed by atoms with Crippen molar-refractivity contribution in [1.82, 2.24) is 9.97 Å². The van der Waals surface area contributed by atoms with Crippen molar-refractivity contribution in [1.29, 1.82) is 0 Å². The maximum absolute atomic E-state index is 9.50. The Hall–Kier alpha value is -2.14. The first kappa shape index (κ1) is 12.9. The summed E-state index contributed by atoms with van der Waals surface area (Å²) >= 11 is 1.56. The molecule has 3 rings (SSSR count). The van der Waals surface area contributed by atoms with E-state index in [-0.39, 0.29) is 5.75 Å². The molecule has 0 amide bonds. The average molecular weight is 285 g/mol. The molecular weight excluding hydrogens is 270 g/mol. The molecule has 0 aliphatic heterocycles. The molecular formula is C15H15N3OS. The third kappa shape index (κ3) is 2.32. The zero-order chi connectivity index (χ0) is 14.1. The van der Waals surface area contributed by atoms with Gasteiger partial charge in [-0.3, -0.25) is 0 Å². The second-order valence-electron chi connectivity index (χ2n) is 4.59. The average Bonchev–Trinajstić information content (AvgIpc) is 2.89. The maximum atomic E-state index is 9.50. The molecule has 0 spiro atoms. The highest BCUT2D eigenvalue weighted by Crippen LogP contribution is 2.32. The third-order valence-electron chi connectivity index (χ3n) is 3.23. The van der Waals surface area contributed by atoms with Crippen LogP contribution in [0.5, 0.6) is 5.75 Å². The number of thiazole rings is 1. The van der Waals surface area contributed by atoms with E-state index in [4.69, 9.17) is 0 Å². The van der Waals surface area contributed by atoms with Crippen LogP contribution < -0.4 is 4.90 Å². The minimum atomic E-state index is 0.269. The van der Waals surface area contributed by atoms with Crippen LogP contribution in [0, 0.1) is 0 Å². The zero-order valence-electron chi connectivity index (χ0n) is 11.4. The van der Waals surface area contributed by atoms with Gasteiger partial charge in [-0.2, -0.15) is 0 Å². The van der Waals surface area contributed by atoms with Crippen molar-refractivity contribution in [2.75, 3.05) is 18.5 Å². The van der Waals surface area contributed by atoms with Crippen molar-refractivity contribution in [2.45, 2.75) is 6.92 Å². The molecule has 0 atom stereocenters. The Labute approximate surface area is 121 Å². The number of benzene rings is 1. The highest BCUT2D eigenvalue weighted by Gasteiger charge is 2.08. The second kappa shape index (κ2) is 5.09. The minimum Gasteiger partial charge on any atom is -0.508 e. The Balaban J connectivity index is 1.98. The van der Waals surface area contributed by atoms with Crippen LogP contribution in [0.15, 0.2) is 36.5 Å². The summed E-state index contributed by atoms with van der Waals surface area (Å²) in [6, 6.07) is 9.26. The van der Waals surface area contributed by atoms with Crippen LogP contribution in [0.3, 0.4) is 0 Å². The zero-order valence-corrected chi connectivity index (χ0v) is 12.2. The van der Waals surface area contributed by atoms with Crippen molar-refractivity contribution in [3.8, 4) is 16.3 Å². The van der Waals surface area contributed by atoms with Gasteiger partial charge < -0.3 is 10.0 Å². The standard InChI is InChI=1S/C15H15N3OS/c1-3-18(2)14-7-4-10(9-16-14)15-17-12-6-5-11(19)8-13(12)20-15/h4-9,19H,3H2,1-2H3. The van der Waals surface area contributed by atoms with Crippen molar-refractivity contribution in [3.05, 3.63) is 36.5 Å². The first-order valence-electron chi connectivity index (χ1n) is 6.44. The van der Waals surface area contributed by atoms with E-state index in [1.165, 1.54) is 0 Å². The summed E-state index contributed by atoms with van der Waals surface area (Å²) in [6.07, 6.45) is 1.85. The number of hydrogen-bond donors (Lipinski definition) is 1. The molecule has 4 nitrogen and oxygen atoms in total. The topological polar surface area (TPSA) is 49.2 Å². The van der Waals surface area contributed by atoms with Gasteiger partial charge in [0.25, 0.3) is 0 Å². The SMILES string of the molecule is CCN(C)c1ccc(-c2nc3ccc(O)cc3s2)cn1. The summed E-state index contributed by atoms with van der Waals surface area (Å²) in [5.41, 5.74) is 1.90. The molecule has 20 heavy (non-hydrogen) atoms. The lowest BCUT2D eigenvalue weighted by Gasteiger charge is -2.14. The number of phenols is 1. The van der Waals surface area contributed by atoms with E-state index in [2.05, 4.69) is 21.8 Å². The van der Waals surface area contributed by atoms with E-state index in [9.17, 15) is 5.11 Å². The van der Waals surface area contributed by atoms with Gasteiger partial charge in [0.1, 0.15) is 16.6 Å². The van der Waals surface area contributed by atoms with Crippen LogP contribution in [0.4, 0.5) is 5.82 Å². The quantitative estimate of drug-likeness (QED) is 0.800. The monoisotopic (exact) mass is 285 g/mol. The first-order valence-corrected chi connectivity index (χ1v) is 7.26. The first-order chi connectivity index (χ1) is 9.67. The van der Waals surface area contributed by atoms with E-state index in [0.717, 1.165) is 33.2 Å². The number of pyridine rings is 1. The van der Waals surface area contributed by atoms with Gasteiger partial charge in [-0.25, -0.2) is 9.97 Å². The second-order valence-corrected chi connectivity index (χ2v) is 5.62. The molecule has 0 radical (unpaired) electrons. The predicted molar refractivity (Wildman–Crippen MR) is 83.5 cm³/mol. The van der Waals surface area contributed by atoms with E-state index in [1.807, 2.05) is 31.4 Å². The fraction of sp³-hybridized carbons (Fsp3) is 0.200. The maximum Gasteiger partial charge on any atom is 0.128 e. The summed E-state index contributed by atoms with van der Waals surface area (Å²) in [4.78, 5) is 11.1. The van der Waals surface area contributed by atoms with Crippen molar-refractivity contribution in [3.63, 3.8) is 0 Å². The van der Waals surface area contributed by atoms with Gasteiger partial charge in [-0.05, 0) is 37.3 Å². The minimum absolute atomic E-state index is 0.269. The summed E-state index contributed by atoms with van der Waals surface area (Å²) < 4.78 is 0.981. The van der Waals surface area contributed by atoms with E-state index in [1.54, 1.807) is 23.5 Å². The number of phenolic OH excluding ortho intramolecular Hbond substituents is 1. The Bertz CT molecular complexity index is 736. The lowest BCUT2D eigenvalue weighted by Crippen LogP contribution is -2.16. The molecule has 1 aromatic carbocycles. The summed E-state index contributed by atoms with van der Waals surface area (Å²) in [7, 11) is 2.02. The number of anilines is 1. The van der Waals surface area contributed by atoms with Crippen molar-refractivity contribution in [2.24, 2.45) is 0 Å². The van der Waals surface area contributed by atoms with Crippen LogP contribution in [-0.4, -0.2) is 28.7 Å². The van der Waals surface area contributed by atoms with Gasteiger partial charge in [0.15, 0.2) is 0 Å². The molecule has 0 fully saturated rings. The van der Waals surface area contributed by atoms with Crippen LogP contribution in [0.2, 0.25) is 0 Å². The van der Waals surface area contributed by atoms with Gasteiger partial charge in [0, 0.05) is 25.4 Å². The highest BCUT2D eigenvalue weighted by atomic mass is 32.1. The molecule has 2 aromatic heterocycles. The van der Waals surface area contributed by atoms with E-state index < -0.39 is 0 Å². The van der Waals surface area contributed by atoms with Crippen LogP contribution in [0.1, 0.15) is 6.92 Å². The number of fused-ring (bicyclic) bond motifs is 1. The number of hydrogen-bond acceptors (Lipinski definition) is 5. The molecule has 5 heteroatoms. The Morgan fingerprint density at radius 2 is 2.10 bits per heavy atom. The van der Waals surface area contributed by atoms with Gasteiger partial charge >= 0.3 is 0 Å². The highest BCUT2D eigenvalue weighted by molar-refractivity contribution is 7.21. The normalized spacial score (nSPS) is 10.9. The predicted octanol–water partition coefficient (Wildman–Crippen LogP) is 3.52. The van der Waals surface area contributed by atoms with Gasteiger partial charge in [0.05, 0.1) is 10.2 Å². The molecule has 102 valence electrons. The summed E-state index contributed by atoms with van der Waals surface area (Å²) in [5.74, 6) is 1.22. The van der Waals surface area contributed by atoms with Crippen LogP contribution in [-0.2, 0) is 0 Å². The number of aromatic hydroxyl groups is 1. The molecule has 0 saturated carbocycles. The molecule has 0 aliphatic rings. The molecule has 2 heterocycles. The Morgan fingerprint density at radius 1 is 1.25 bits per heavy atom. The molecule has 0 bridgehead atoms. The molecule has 0 saturated heterocycles. The molecule has 1 N–H and O–H groups in total. The van der Waals surface area contributed by atoms with Gasteiger partial charge in [0.2, 0.25) is 0 Å². The number of rotatable bonds is 3. The van der Waals surface area contributed by atoms with E-state index in [0.29, 0.717) is 0 Å². The fourth-order valence-electron chi connectivity index (χ4n) is 1.94. The van der Waals surface area contributed by atoms with Crippen molar-refractivity contribution >= 4 is 27.4 Å². The van der Waals surface area contributed by atoms with Crippen molar-refractivity contribution < 1.29 is 5.11 Å². The number of aromatic nitrogens is 2. The van der Waals surface area contributed by atoms with Crippen LogP contribution in [0.25, 0.3) is 20.8 Å². The van der Waals surface area contributed by atoms with Gasteiger partial charge in [-0.1, -0.05) is 0 Å². The summed E-state index contributed by atoms with van der Waals surface area (Å²) in [6.45, 7) is 3.02. The van der Waals surface area contributed by atoms with E-state index >= 15 is 0 Å². The summed E-state index contributed by atoms with van der Waals surface area (Å²) in [5, 5.41) is 10.4. The molecule has 0 unspecified atom stereocenters. The smallest absolute Gasteiger partial charge is 0.128 e. The third-order valence-corrected chi connectivity index (χ3v) is 4.30. The largest absolute Gasteiger partial charge is 0.508 e. The fourth-order valence-corrected chi connectivity index (χ4v) is 2.93. The lowest BCUT2D eigenvalue weighted by molar-refractivity contribution is 0.476. The molecule has 3 aromatic rings. The Kier molecular flexibility index (Phi) is 3.28. The number of nitrogens with zero attached hydrogens (tertiary/aromatic N) is 3. The molecule has 0 aliphatic carbocycles. The Morgan fingerprint density at radius 3 is 2.80 bits per heavy atom. The lowest BCUT2D eigenvalue weighted by atomic mass is 10.3. The van der Waals surface area contributed by atoms with Crippen LogP contribution >= 0.6 is 11.3 Å². The van der Waals surface area contributed by atoms with Gasteiger partial charge in [-0.15, -0.1) is 11.3 Å².